The van der Waals surface area contributed by atoms with Crippen molar-refractivity contribution in [1.29, 1.82) is 0 Å². The second kappa shape index (κ2) is 7.05. The van der Waals surface area contributed by atoms with Crippen LogP contribution in [0.15, 0.2) is 36.8 Å². The van der Waals surface area contributed by atoms with Gasteiger partial charge in [-0.2, -0.15) is 0 Å². The standard InChI is InChI=1S/C18H25N5O/c1-4-22(5-2)12-9-17(24)18-16-7-6-11-23(16)21(3)15-8-10-19-13-14(15)20-18/h6-8,10-11,13,18,20H,4-5,9,12H2,1-3H3. The van der Waals surface area contributed by atoms with Crippen LogP contribution < -0.4 is 10.3 Å². The molecule has 2 aromatic rings. The number of fused-ring (bicyclic) bond motifs is 2. The Balaban J connectivity index is 1.88. The zero-order valence-corrected chi connectivity index (χ0v) is 14.6. The smallest absolute Gasteiger partial charge is 0.162 e. The molecule has 1 aliphatic heterocycles. The average Bonchev–Trinajstić information content (AvgIpc) is 3.05. The number of nitrogens with zero attached hydrogens (tertiary/aromatic N) is 4. The van der Waals surface area contributed by atoms with E-state index in [9.17, 15) is 4.79 Å². The number of rotatable bonds is 6. The molecule has 3 rings (SSSR count). The summed E-state index contributed by atoms with van der Waals surface area (Å²) in [5.74, 6) is 0.201. The molecule has 24 heavy (non-hydrogen) atoms. The molecule has 0 spiro atoms. The lowest BCUT2D eigenvalue weighted by molar-refractivity contribution is -0.120. The minimum atomic E-state index is -0.358. The van der Waals surface area contributed by atoms with E-state index in [2.05, 4.69) is 29.0 Å². The van der Waals surface area contributed by atoms with Crippen LogP contribution in [0, 0.1) is 0 Å². The maximum Gasteiger partial charge on any atom is 0.162 e. The molecule has 3 heterocycles. The molecule has 0 fully saturated rings. The van der Waals surface area contributed by atoms with Crippen LogP contribution in [0.1, 0.15) is 32.0 Å². The molecule has 0 aliphatic carbocycles. The monoisotopic (exact) mass is 327 g/mol. The van der Waals surface area contributed by atoms with Crippen molar-refractivity contribution in [3.8, 4) is 0 Å². The summed E-state index contributed by atoms with van der Waals surface area (Å²) in [6, 6.07) is 5.57. The van der Waals surface area contributed by atoms with Gasteiger partial charge >= 0.3 is 0 Å². The molecule has 6 heteroatoms. The van der Waals surface area contributed by atoms with Gasteiger partial charge in [0.1, 0.15) is 6.04 Å². The number of hydrogen-bond acceptors (Lipinski definition) is 5. The number of Topliss-reactive ketones (excluding diaryl/α,β-unsaturated/α-hetero) is 1. The van der Waals surface area contributed by atoms with E-state index in [1.54, 1.807) is 12.4 Å². The summed E-state index contributed by atoms with van der Waals surface area (Å²) in [7, 11) is 1.99. The number of ketones is 1. The molecular weight excluding hydrogens is 302 g/mol. The van der Waals surface area contributed by atoms with E-state index in [0.29, 0.717) is 6.42 Å². The van der Waals surface area contributed by atoms with E-state index >= 15 is 0 Å². The van der Waals surface area contributed by atoms with E-state index in [0.717, 1.165) is 36.7 Å². The topological polar surface area (TPSA) is 53.4 Å². The lowest BCUT2D eigenvalue weighted by Crippen LogP contribution is -2.30. The van der Waals surface area contributed by atoms with E-state index in [4.69, 9.17) is 0 Å². The fraction of sp³-hybridized carbons (Fsp3) is 0.444. The first-order chi connectivity index (χ1) is 11.7. The average molecular weight is 327 g/mol. The van der Waals surface area contributed by atoms with Gasteiger partial charge in [-0.15, -0.1) is 0 Å². The highest BCUT2D eigenvalue weighted by Crippen LogP contribution is 2.33. The fourth-order valence-corrected chi connectivity index (χ4v) is 3.21. The highest BCUT2D eigenvalue weighted by atomic mass is 16.1. The molecule has 128 valence electrons. The summed E-state index contributed by atoms with van der Waals surface area (Å²) in [5, 5.41) is 5.44. The Morgan fingerprint density at radius 1 is 1.33 bits per heavy atom. The second-order valence-corrected chi connectivity index (χ2v) is 6.01. The number of carbonyl (C=O) groups excluding carboxylic acids is 1. The van der Waals surface area contributed by atoms with Crippen molar-refractivity contribution in [3.05, 3.63) is 42.5 Å². The normalized spacial score (nSPS) is 16.3. The van der Waals surface area contributed by atoms with Crippen LogP contribution in [0.5, 0.6) is 0 Å². The van der Waals surface area contributed by atoms with Gasteiger partial charge in [-0.25, -0.2) is 0 Å². The van der Waals surface area contributed by atoms with Crippen molar-refractivity contribution in [2.45, 2.75) is 26.3 Å². The van der Waals surface area contributed by atoms with Crippen molar-refractivity contribution in [1.82, 2.24) is 14.6 Å². The minimum Gasteiger partial charge on any atom is -0.367 e. The fourth-order valence-electron chi connectivity index (χ4n) is 3.21. The third-order valence-electron chi connectivity index (χ3n) is 4.72. The number of anilines is 2. The Labute approximate surface area is 143 Å². The summed E-state index contributed by atoms with van der Waals surface area (Å²) in [4.78, 5) is 19.4. The highest BCUT2D eigenvalue weighted by Gasteiger charge is 2.29. The summed E-state index contributed by atoms with van der Waals surface area (Å²) in [6.07, 6.45) is 6.06. The van der Waals surface area contributed by atoms with Gasteiger partial charge in [-0.3, -0.25) is 19.5 Å². The zero-order valence-electron chi connectivity index (χ0n) is 14.6. The van der Waals surface area contributed by atoms with Gasteiger partial charge in [0.15, 0.2) is 5.78 Å². The van der Waals surface area contributed by atoms with E-state index in [-0.39, 0.29) is 11.8 Å². The Kier molecular flexibility index (Phi) is 4.85. The van der Waals surface area contributed by atoms with Crippen molar-refractivity contribution < 1.29 is 4.79 Å². The molecule has 0 bridgehead atoms. The summed E-state index contributed by atoms with van der Waals surface area (Å²) < 4.78 is 2.03. The number of carbonyl (C=O) groups is 1. The quantitative estimate of drug-likeness (QED) is 0.884. The maximum atomic E-state index is 12.9. The molecule has 1 atom stereocenters. The Hall–Kier alpha value is -2.34. The lowest BCUT2D eigenvalue weighted by Gasteiger charge is -2.22. The molecule has 0 saturated heterocycles. The van der Waals surface area contributed by atoms with Crippen LogP contribution in [0.3, 0.4) is 0 Å². The first-order valence-corrected chi connectivity index (χ1v) is 8.52. The molecule has 1 unspecified atom stereocenters. The number of hydrogen-bond donors (Lipinski definition) is 1. The van der Waals surface area contributed by atoms with Crippen molar-refractivity contribution in [2.24, 2.45) is 0 Å². The Bertz CT molecular complexity index is 707. The van der Waals surface area contributed by atoms with Crippen molar-refractivity contribution in [2.75, 3.05) is 37.0 Å². The van der Waals surface area contributed by atoms with Crippen LogP contribution >= 0.6 is 0 Å². The number of nitrogens with one attached hydrogen (secondary N) is 1. The largest absolute Gasteiger partial charge is 0.367 e. The van der Waals surface area contributed by atoms with Crippen molar-refractivity contribution in [3.63, 3.8) is 0 Å². The summed E-state index contributed by atoms with van der Waals surface area (Å²) in [6.45, 7) is 6.97. The van der Waals surface area contributed by atoms with E-state index in [1.807, 2.05) is 41.1 Å². The van der Waals surface area contributed by atoms with Crippen LogP contribution in [0.25, 0.3) is 0 Å². The van der Waals surface area contributed by atoms with Gasteiger partial charge in [-0.05, 0) is 31.3 Å². The predicted octanol–water partition coefficient (Wildman–Crippen LogP) is 2.55. The van der Waals surface area contributed by atoms with Crippen LogP contribution in [0.2, 0.25) is 0 Å². The second-order valence-electron chi connectivity index (χ2n) is 6.01. The number of pyridine rings is 1. The molecule has 1 aliphatic rings. The molecular formula is C18H25N5O. The van der Waals surface area contributed by atoms with Crippen LogP contribution in [-0.2, 0) is 4.79 Å². The van der Waals surface area contributed by atoms with Crippen molar-refractivity contribution >= 4 is 17.2 Å². The van der Waals surface area contributed by atoms with E-state index < -0.39 is 0 Å². The van der Waals surface area contributed by atoms with Gasteiger partial charge in [0.25, 0.3) is 0 Å². The predicted molar refractivity (Wildman–Crippen MR) is 96.2 cm³/mol. The molecule has 0 radical (unpaired) electrons. The Morgan fingerprint density at radius 2 is 2.12 bits per heavy atom. The zero-order chi connectivity index (χ0) is 17.1. The van der Waals surface area contributed by atoms with Gasteiger partial charge in [0, 0.05) is 32.4 Å². The molecule has 2 aromatic heterocycles. The van der Waals surface area contributed by atoms with Gasteiger partial charge in [0.2, 0.25) is 0 Å². The first-order valence-electron chi connectivity index (χ1n) is 8.52. The van der Waals surface area contributed by atoms with Gasteiger partial charge < -0.3 is 10.2 Å². The molecule has 0 aromatic carbocycles. The highest BCUT2D eigenvalue weighted by molar-refractivity contribution is 5.89. The molecule has 1 N–H and O–H groups in total. The van der Waals surface area contributed by atoms with Crippen LogP contribution in [-0.4, -0.2) is 47.0 Å². The lowest BCUT2D eigenvalue weighted by atomic mass is 10.1. The minimum absolute atomic E-state index is 0.201. The molecule has 6 nitrogen and oxygen atoms in total. The Morgan fingerprint density at radius 3 is 2.88 bits per heavy atom. The third kappa shape index (κ3) is 3.01. The summed E-state index contributed by atoms with van der Waals surface area (Å²) in [5.41, 5.74) is 2.84. The number of aromatic nitrogens is 2. The summed E-state index contributed by atoms with van der Waals surface area (Å²) >= 11 is 0. The maximum absolute atomic E-state index is 12.9. The van der Waals surface area contributed by atoms with Gasteiger partial charge in [-0.1, -0.05) is 13.8 Å². The van der Waals surface area contributed by atoms with Crippen LogP contribution in [0.4, 0.5) is 11.4 Å². The van der Waals surface area contributed by atoms with Gasteiger partial charge in [0.05, 0.1) is 23.3 Å². The molecule has 0 saturated carbocycles. The van der Waals surface area contributed by atoms with E-state index in [1.165, 1.54) is 0 Å². The molecule has 0 amide bonds. The third-order valence-corrected chi connectivity index (χ3v) is 4.72. The first kappa shape index (κ1) is 16.5. The SMILES string of the molecule is CCN(CC)CCC(=O)C1Nc2cnccc2N(C)n2cccc21.